The molecule has 2 aromatic rings. The van der Waals surface area contributed by atoms with Crippen LogP contribution in [-0.4, -0.2) is 42.0 Å². The van der Waals surface area contributed by atoms with Crippen molar-refractivity contribution < 1.29 is 19.1 Å². The van der Waals surface area contributed by atoms with E-state index in [-0.39, 0.29) is 23.5 Å². The van der Waals surface area contributed by atoms with Gasteiger partial charge in [0.05, 0.1) is 25.7 Å². The molecule has 26 heavy (non-hydrogen) atoms. The molecular formula is C16H20N4O4S2. The summed E-state index contributed by atoms with van der Waals surface area (Å²) in [6, 6.07) is 5.15. The minimum Gasteiger partial charge on any atom is -0.497 e. The number of nitrogens with zero attached hydrogens (tertiary/aromatic N) is 2. The Morgan fingerprint density at radius 3 is 2.62 bits per heavy atom. The minimum atomic E-state index is -0.218. The number of methoxy groups -OCH3 is 2. The van der Waals surface area contributed by atoms with E-state index in [0.29, 0.717) is 26.7 Å². The predicted molar refractivity (Wildman–Crippen MR) is 102 cm³/mol. The van der Waals surface area contributed by atoms with Gasteiger partial charge in [0.25, 0.3) is 0 Å². The van der Waals surface area contributed by atoms with Crippen LogP contribution in [0.25, 0.3) is 0 Å². The molecule has 0 atom stereocenters. The number of carbonyl (C=O) groups is 2. The molecule has 0 bridgehead atoms. The number of rotatable bonds is 8. The van der Waals surface area contributed by atoms with E-state index in [9.17, 15) is 9.59 Å². The lowest BCUT2D eigenvalue weighted by molar-refractivity contribution is -0.119. The summed E-state index contributed by atoms with van der Waals surface area (Å²) in [5.74, 6) is 0.818. The lowest BCUT2D eigenvalue weighted by atomic mass is 10.2. The predicted octanol–water partition coefficient (Wildman–Crippen LogP) is 2.88. The van der Waals surface area contributed by atoms with Gasteiger partial charge in [-0.15, -0.1) is 10.2 Å². The molecule has 0 aliphatic rings. The van der Waals surface area contributed by atoms with Crippen LogP contribution in [0, 0.1) is 5.92 Å². The monoisotopic (exact) mass is 396 g/mol. The first-order valence-electron chi connectivity index (χ1n) is 7.72. The van der Waals surface area contributed by atoms with Crippen molar-refractivity contribution in [3.8, 4) is 11.5 Å². The molecular weight excluding hydrogens is 376 g/mol. The molecule has 8 nitrogen and oxygen atoms in total. The van der Waals surface area contributed by atoms with Crippen LogP contribution < -0.4 is 20.1 Å². The van der Waals surface area contributed by atoms with Gasteiger partial charge in [-0.1, -0.05) is 36.9 Å². The van der Waals surface area contributed by atoms with Crippen LogP contribution in [0.5, 0.6) is 11.5 Å². The molecule has 0 spiro atoms. The zero-order chi connectivity index (χ0) is 19.1. The van der Waals surface area contributed by atoms with Gasteiger partial charge in [-0.3, -0.25) is 9.59 Å². The third-order valence-electron chi connectivity index (χ3n) is 3.17. The van der Waals surface area contributed by atoms with Crippen LogP contribution in [0.15, 0.2) is 22.5 Å². The van der Waals surface area contributed by atoms with E-state index < -0.39 is 0 Å². The van der Waals surface area contributed by atoms with Crippen molar-refractivity contribution in [3.63, 3.8) is 0 Å². The summed E-state index contributed by atoms with van der Waals surface area (Å²) in [5.41, 5.74) is 0.527. The molecule has 0 unspecified atom stereocenters. The number of hydrogen-bond donors (Lipinski definition) is 2. The van der Waals surface area contributed by atoms with Crippen molar-refractivity contribution in [2.45, 2.75) is 18.2 Å². The van der Waals surface area contributed by atoms with Gasteiger partial charge >= 0.3 is 0 Å². The van der Waals surface area contributed by atoms with Gasteiger partial charge in [0.2, 0.25) is 16.9 Å². The number of thioether (sulfide) groups is 1. The number of nitrogens with one attached hydrogen (secondary N) is 2. The molecule has 0 saturated carbocycles. The van der Waals surface area contributed by atoms with E-state index >= 15 is 0 Å². The number of amides is 2. The average Bonchev–Trinajstić information content (AvgIpc) is 3.07. The lowest BCUT2D eigenvalue weighted by Gasteiger charge is -2.11. The maximum Gasteiger partial charge on any atom is 0.234 e. The van der Waals surface area contributed by atoms with Crippen molar-refractivity contribution in [3.05, 3.63) is 18.2 Å². The summed E-state index contributed by atoms with van der Waals surface area (Å²) >= 11 is 2.46. The van der Waals surface area contributed by atoms with Crippen molar-refractivity contribution in [2.75, 3.05) is 30.6 Å². The van der Waals surface area contributed by atoms with Gasteiger partial charge in [0.15, 0.2) is 4.34 Å². The third kappa shape index (κ3) is 5.60. The number of aromatic nitrogens is 2. The number of anilines is 2. The standard InChI is InChI=1S/C16H20N4O4S2/c1-9(2)14(22)18-15-19-20-16(26-15)25-8-13(21)17-11-7-10(23-3)5-6-12(11)24-4/h5-7,9H,8H2,1-4H3,(H,17,21)(H,18,19,22). The van der Waals surface area contributed by atoms with Gasteiger partial charge in [-0.05, 0) is 12.1 Å². The Bertz CT molecular complexity index is 779. The van der Waals surface area contributed by atoms with Gasteiger partial charge in [-0.2, -0.15) is 0 Å². The molecule has 2 rings (SSSR count). The fraction of sp³-hybridized carbons (Fsp3) is 0.375. The SMILES string of the molecule is COc1ccc(OC)c(NC(=O)CSc2nnc(NC(=O)C(C)C)s2)c1. The fourth-order valence-electron chi connectivity index (χ4n) is 1.79. The van der Waals surface area contributed by atoms with Crippen LogP contribution in [0.1, 0.15) is 13.8 Å². The molecule has 0 radical (unpaired) electrons. The van der Waals surface area contributed by atoms with Crippen molar-refractivity contribution in [1.29, 1.82) is 0 Å². The van der Waals surface area contributed by atoms with E-state index in [1.165, 1.54) is 30.2 Å². The van der Waals surface area contributed by atoms with Crippen LogP contribution in [0.4, 0.5) is 10.8 Å². The second-order valence-electron chi connectivity index (χ2n) is 5.42. The Balaban J connectivity index is 1.91. The largest absolute Gasteiger partial charge is 0.497 e. The zero-order valence-electron chi connectivity index (χ0n) is 14.9. The number of benzene rings is 1. The molecule has 0 aliphatic heterocycles. The van der Waals surface area contributed by atoms with Gasteiger partial charge in [0, 0.05) is 12.0 Å². The topological polar surface area (TPSA) is 102 Å². The molecule has 0 aliphatic carbocycles. The highest BCUT2D eigenvalue weighted by atomic mass is 32.2. The Labute approximate surface area is 159 Å². The number of hydrogen-bond acceptors (Lipinski definition) is 8. The molecule has 140 valence electrons. The summed E-state index contributed by atoms with van der Waals surface area (Å²) < 4.78 is 11.0. The molecule has 1 aromatic carbocycles. The summed E-state index contributed by atoms with van der Waals surface area (Å²) in [5, 5.41) is 13.7. The average molecular weight is 396 g/mol. The summed E-state index contributed by atoms with van der Waals surface area (Å²) in [6.45, 7) is 3.59. The van der Waals surface area contributed by atoms with Crippen LogP contribution >= 0.6 is 23.1 Å². The molecule has 0 fully saturated rings. The highest BCUT2D eigenvalue weighted by Crippen LogP contribution is 2.30. The highest BCUT2D eigenvalue weighted by molar-refractivity contribution is 8.01. The third-order valence-corrected chi connectivity index (χ3v) is 5.14. The second kappa shape index (κ2) is 9.39. The molecule has 1 aromatic heterocycles. The van der Waals surface area contributed by atoms with Gasteiger partial charge in [-0.25, -0.2) is 0 Å². The maximum atomic E-state index is 12.2. The van der Waals surface area contributed by atoms with Crippen LogP contribution in [0.3, 0.4) is 0 Å². The second-order valence-corrected chi connectivity index (χ2v) is 7.62. The Hall–Kier alpha value is -2.33. The molecule has 0 saturated heterocycles. The number of carbonyl (C=O) groups excluding carboxylic acids is 2. The maximum absolute atomic E-state index is 12.2. The smallest absolute Gasteiger partial charge is 0.234 e. The quantitative estimate of drug-likeness (QED) is 0.522. The van der Waals surface area contributed by atoms with Crippen LogP contribution in [0.2, 0.25) is 0 Å². The van der Waals surface area contributed by atoms with E-state index in [4.69, 9.17) is 9.47 Å². The van der Waals surface area contributed by atoms with E-state index in [0.717, 1.165) is 0 Å². The lowest BCUT2D eigenvalue weighted by Crippen LogP contribution is -2.17. The Kier molecular flexibility index (Phi) is 7.22. The molecule has 2 N–H and O–H groups in total. The zero-order valence-corrected chi connectivity index (χ0v) is 16.5. The van der Waals surface area contributed by atoms with Crippen LogP contribution in [-0.2, 0) is 9.59 Å². The normalized spacial score (nSPS) is 10.5. The van der Waals surface area contributed by atoms with Crippen molar-refractivity contribution in [1.82, 2.24) is 10.2 Å². The molecule has 10 heteroatoms. The Morgan fingerprint density at radius 1 is 1.19 bits per heavy atom. The molecule has 2 amide bonds. The van der Waals surface area contributed by atoms with Gasteiger partial charge in [0.1, 0.15) is 11.5 Å². The van der Waals surface area contributed by atoms with Crippen molar-refractivity contribution >= 4 is 45.7 Å². The van der Waals surface area contributed by atoms with Crippen molar-refractivity contribution in [2.24, 2.45) is 5.92 Å². The van der Waals surface area contributed by atoms with E-state index in [2.05, 4.69) is 20.8 Å². The number of ether oxygens (including phenoxy) is 2. The van der Waals surface area contributed by atoms with E-state index in [1.807, 2.05) is 0 Å². The summed E-state index contributed by atoms with van der Waals surface area (Å²) in [6.07, 6.45) is 0. The minimum absolute atomic E-state index is 0.124. The summed E-state index contributed by atoms with van der Waals surface area (Å²) in [4.78, 5) is 23.8. The molecule has 1 heterocycles. The first kappa shape index (κ1) is 20.0. The first-order valence-corrected chi connectivity index (χ1v) is 9.52. The Morgan fingerprint density at radius 2 is 1.96 bits per heavy atom. The van der Waals surface area contributed by atoms with Gasteiger partial charge < -0.3 is 20.1 Å². The summed E-state index contributed by atoms with van der Waals surface area (Å²) in [7, 11) is 3.08. The fourth-order valence-corrected chi connectivity index (χ4v) is 3.35. The highest BCUT2D eigenvalue weighted by Gasteiger charge is 2.14. The van der Waals surface area contributed by atoms with E-state index in [1.54, 1.807) is 39.2 Å². The first-order chi connectivity index (χ1) is 12.4.